The number of aromatic nitrogens is 2. The lowest BCUT2D eigenvalue weighted by atomic mass is 9.78. The molecule has 1 saturated heterocycles. The first kappa shape index (κ1) is 25.2. The highest BCUT2D eigenvalue weighted by Gasteiger charge is 2.51. The van der Waals surface area contributed by atoms with Crippen molar-refractivity contribution in [2.24, 2.45) is 0 Å². The summed E-state index contributed by atoms with van der Waals surface area (Å²) >= 11 is 1.81. The predicted molar refractivity (Wildman–Crippen MR) is 167 cm³/mol. The van der Waals surface area contributed by atoms with E-state index in [1.165, 1.54) is 20.2 Å². The molecule has 1 fully saturated rings. The van der Waals surface area contributed by atoms with Gasteiger partial charge >= 0.3 is 7.12 Å². The van der Waals surface area contributed by atoms with Crippen LogP contribution >= 0.6 is 11.3 Å². The van der Waals surface area contributed by atoms with Crippen molar-refractivity contribution in [2.45, 2.75) is 38.9 Å². The van der Waals surface area contributed by atoms with Crippen LogP contribution in [0.1, 0.15) is 27.7 Å². The first-order valence-electron chi connectivity index (χ1n) is 13.6. The molecular formula is C34H29BN2O2S. The van der Waals surface area contributed by atoms with E-state index >= 15 is 0 Å². The van der Waals surface area contributed by atoms with Crippen LogP contribution in [0.4, 0.5) is 0 Å². The molecule has 0 spiro atoms. The summed E-state index contributed by atoms with van der Waals surface area (Å²) in [5, 5.41) is 2.53. The molecule has 4 aromatic carbocycles. The molecule has 6 heteroatoms. The Balaban J connectivity index is 1.39. The molecule has 7 rings (SSSR count). The number of fused-ring (bicyclic) bond motifs is 3. The van der Waals surface area contributed by atoms with E-state index in [-0.39, 0.29) is 0 Å². The van der Waals surface area contributed by atoms with Crippen molar-refractivity contribution < 1.29 is 9.31 Å². The molecule has 0 aliphatic carbocycles. The highest BCUT2D eigenvalue weighted by Crippen LogP contribution is 2.40. The summed E-state index contributed by atoms with van der Waals surface area (Å²) in [6.07, 6.45) is 0. The van der Waals surface area contributed by atoms with Gasteiger partial charge in [0.15, 0.2) is 5.82 Å². The number of hydrogen-bond donors (Lipinski definition) is 0. The van der Waals surface area contributed by atoms with Crippen LogP contribution in [-0.4, -0.2) is 28.3 Å². The highest BCUT2D eigenvalue weighted by atomic mass is 32.1. The molecule has 3 heterocycles. The van der Waals surface area contributed by atoms with Gasteiger partial charge in [-0.1, -0.05) is 91.0 Å². The van der Waals surface area contributed by atoms with Crippen LogP contribution in [0.15, 0.2) is 103 Å². The molecule has 1 aliphatic heterocycles. The molecule has 196 valence electrons. The van der Waals surface area contributed by atoms with Crippen LogP contribution in [0.3, 0.4) is 0 Å². The molecule has 40 heavy (non-hydrogen) atoms. The van der Waals surface area contributed by atoms with Crippen molar-refractivity contribution in [3.05, 3.63) is 103 Å². The zero-order valence-corrected chi connectivity index (χ0v) is 23.8. The van der Waals surface area contributed by atoms with Gasteiger partial charge in [0.05, 0.1) is 22.6 Å². The first-order valence-corrected chi connectivity index (χ1v) is 14.4. The monoisotopic (exact) mass is 540 g/mol. The fraction of sp³-hybridized carbons (Fsp3) is 0.176. The van der Waals surface area contributed by atoms with Crippen LogP contribution in [0.25, 0.3) is 54.1 Å². The first-order chi connectivity index (χ1) is 19.3. The maximum absolute atomic E-state index is 6.34. The Morgan fingerprint density at radius 1 is 0.625 bits per heavy atom. The Bertz CT molecular complexity index is 1860. The summed E-state index contributed by atoms with van der Waals surface area (Å²) in [6, 6.07) is 35.7. The van der Waals surface area contributed by atoms with Crippen LogP contribution < -0.4 is 5.46 Å². The van der Waals surface area contributed by atoms with Gasteiger partial charge in [0, 0.05) is 36.9 Å². The maximum Gasteiger partial charge on any atom is 0.494 e. The summed E-state index contributed by atoms with van der Waals surface area (Å²) in [4.78, 5) is 10.2. The summed E-state index contributed by atoms with van der Waals surface area (Å²) < 4.78 is 15.2. The fourth-order valence-electron chi connectivity index (χ4n) is 5.22. The molecule has 2 aromatic heterocycles. The number of hydrogen-bond acceptors (Lipinski definition) is 5. The van der Waals surface area contributed by atoms with Crippen molar-refractivity contribution in [3.8, 4) is 33.9 Å². The van der Waals surface area contributed by atoms with Crippen molar-refractivity contribution in [1.29, 1.82) is 0 Å². The van der Waals surface area contributed by atoms with E-state index in [2.05, 4.69) is 100 Å². The molecule has 0 bridgehead atoms. The largest absolute Gasteiger partial charge is 0.494 e. The third-order valence-corrected chi connectivity index (χ3v) is 9.37. The quantitative estimate of drug-likeness (QED) is 0.212. The molecule has 0 unspecified atom stereocenters. The van der Waals surface area contributed by atoms with E-state index in [0.29, 0.717) is 5.82 Å². The van der Waals surface area contributed by atoms with Gasteiger partial charge in [0.1, 0.15) is 0 Å². The number of nitrogens with zero attached hydrogens (tertiary/aromatic N) is 2. The second-order valence-electron chi connectivity index (χ2n) is 11.3. The molecular weight excluding hydrogens is 511 g/mol. The molecule has 4 nitrogen and oxygen atoms in total. The van der Waals surface area contributed by atoms with Gasteiger partial charge in [0.25, 0.3) is 0 Å². The standard InChI is InChI=1S/C34H29BN2O2S/c1-33(2)34(3,4)39-35(38-33)24-15-10-14-23(20-24)32-36-28(22-12-6-5-7-13-22)21-29(37-32)27-18-11-17-26-25-16-8-9-19-30(25)40-31(26)27/h5-21H,1-4H3. The van der Waals surface area contributed by atoms with Gasteiger partial charge in [-0.3, -0.25) is 0 Å². The number of benzene rings is 4. The predicted octanol–water partition coefficient (Wildman–Crippen LogP) is 8.14. The maximum atomic E-state index is 6.34. The minimum absolute atomic E-state index is 0.409. The van der Waals surface area contributed by atoms with Crippen molar-refractivity contribution >= 4 is 44.1 Å². The average Bonchev–Trinajstić information content (AvgIpc) is 3.46. The lowest BCUT2D eigenvalue weighted by Crippen LogP contribution is -2.41. The van der Waals surface area contributed by atoms with Gasteiger partial charge in [0.2, 0.25) is 0 Å². The van der Waals surface area contributed by atoms with E-state index in [0.717, 1.165) is 33.5 Å². The second kappa shape index (κ2) is 9.38. The Hall–Kier alpha value is -3.84. The van der Waals surface area contributed by atoms with E-state index in [1.807, 2.05) is 41.7 Å². The van der Waals surface area contributed by atoms with Gasteiger partial charge in [-0.2, -0.15) is 0 Å². The van der Waals surface area contributed by atoms with E-state index in [1.54, 1.807) is 0 Å². The zero-order chi connectivity index (χ0) is 27.5. The van der Waals surface area contributed by atoms with Crippen LogP contribution in [0.2, 0.25) is 0 Å². The summed E-state index contributed by atoms with van der Waals surface area (Å²) in [5.41, 5.74) is 5.02. The SMILES string of the molecule is CC1(C)OB(c2cccc(-c3nc(-c4ccccc4)cc(-c4cccc5c4sc4ccccc45)n3)c2)OC1(C)C. The molecule has 0 saturated carbocycles. The summed E-state index contributed by atoms with van der Waals surface area (Å²) in [7, 11) is -0.450. The zero-order valence-electron chi connectivity index (χ0n) is 23.0. The molecule has 6 aromatic rings. The van der Waals surface area contributed by atoms with Crippen LogP contribution in [0.5, 0.6) is 0 Å². The fourth-order valence-corrected chi connectivity index (χ4v) is 6.45. The van der Waals surface area contributed by atoms with E-state index in [4.69, 9.17) is 19.3 Å². The molecule has 1 aliphatic rings. The topological polar surface area (TPSA) is 44.2 Å². The van der Waals surface area contributed by atoms with Gasteiger partial charge in [-0.05, 0) is 45.3 Å². The molecule has 0 atom stereocenters. The molecule has 0 N–H and O–H groups in total. The van der Waals surface area contributed by atoms with Gasteiger partial charge < -0.3 is 9.31 Å². The Morgan fingerprint density at radius 2 is 1.27 bits per heavy atom. The Morgan fingerprint density at radius 3 is 2.08 bits per heavy atom. The number of thiophene rings is 1. The Labute approximate surface area is 238 Å². The average molecular weight is 540 g/mol. The van der Waals surface area contributed by atoms with Crippen molar-refractivity contribution in [1.82, 2.24) is 9.97 Å². The second-order valence-corrected chi connectivity index (χ2v) is 12.4. The lowest BCUT2D eigenvalue weighted by molar-refractivity contribution is 0.00578. The third-order valence-electron chi connectivity index (χ3n) is 8.15. The van der Waals surface area contributed by atoms with Crippen LogP contribution in [0, 0.1) is 0 Å². The molecule has 0 amide bonds. The van der Waals surface area contributed by atoms with E-state index < -0.39 is 18.3 Å². The summed E-state index contributed by atoms with van der Waals surface area (Å²) in [5.74, 6) is 0.674. The minimum Gasteiger partial charge on any atom is -0.399 e. The van der Waals surface area contributed by atoms with Crippen LogP contribution in [-0.2, 0) is 9.31 Å². The van der Waals surface area contributed by atoms with E-state index in [9.17, 15) is 0 Å². The third kappa shape index (κ3) is 4.24. The lowest BCUT2D eigenvalue weighted by Gasteiger charge is -2.32. The number of rotatable bonds is 4. The summed E-state index contributed by atoms with van der Waals surface area (Å²) in [6.45, 7) is 8.29. The normalized spacial score (nSPS) is 16.1. The molecule has 0 radical (unpaired) electrons. The van der Waals surface area contributed by atoms with Gasteiger partial charge in [-0.25, -0.2) is 9.97 Å². The van der Waals surface area contributed by atoms with Crippen molar-refractivity contribution in [3.63, 3.8) is 0 Å². The minimum atomic E-state index is -0.450. The smallest absolute Gasteiger partial charge is 0.399 e. The highest BCUT2D eigenvalue weighted by molar-refractivity contribution is 7.26. The van der Waals surface area contributed by atoms with Crippen molar-refractivity contribution in [2.75, 3.05) is 0 Å². The Kier molecular flexibility index (Phi) is 5.90. The van der Waals surface area contributed by atoms with Gasteiger partial charge in [-0.15, -0.1) is 11.3 Å².